The molecule has 0 radical (unpaired) electrons. The maximum Gasteiger partial charge on any atom is 0.321 e. The van der Waals surface area contributed by atoms with Crippen LogP contribution in [0, 0.1) is 6.92 Å². The molecule has 1 unspecified atom stereocenters. The van der Waals surface area contributed by atoms with E-state index in [-0.39, 0.29) is 12.1 Å². The van der Waals surface area contributed by atoms with E-state index in [2.05, 4.69) is 25.9 Å². The van der Waals surface area contributed by atoms with Gasteiger partial charge in [-0.15, -0.1) is 5.10 Å². The van der Waals surface area contributed by atoms with Crippen LogP contribution in [0.1, 0.15) is 18.0 Å². The molecule has 9 nitrogen and oxygen atoms in total. The van der Waals surface area contributed by atoms with Crippen molar-refractivity contribution in [2.45, 2.75) is 19.4 Å². The number of rotatable bonds is 3. The number of hydrogen-bond acceptors (Lipinski definition) is 5. The van der Waals surface area contributed by atoms with Crippen molar-refractivity contribution in [3.8, 4) is 11.4 Å². The number of aromatic nitrogens is 6. The molecule has 0 saturated carbocycles. The molecular formula is C17H20N8O. The first-order valence-electron chi connectivity index (χ1n) is 8.49. The van der Waals surface area contributed by atoms with E-state index in [1.165, 1.54) is 0 Å². The van der Waals surface area contributed by atoms with Crippen LogP contribution in [0.15, 0.2) is 36.7 Å². The van der Waals surface area contributed by atoms with Gasteiger partial charge in [0.15, 0.2) is 5.82 Å². The summed E-state index contributed by atoms with van der Waals surface area (Å²) in [5, 5.41) is 18.7. The summed E-state index contributed by atoms with van der Waals surface area (Å²) in [5.41, 5.74) is 2.77. The van der Waals surface area contributed by atoms with Gasteiger partial charge in [0.05, 0.1) is 12.2 Å². The number of nitrogens with one attached hydrogen (secondary N) is 1. The number of carbonyl (C=O) groups is 1. The van der Waals surface area contributed by atoms with Gasteiger partial charge in [-0.1, -0.05) is 0 Å². The Morgan fingerprint density at radius 2 is 2.08 bits per heavy atom. The van der Waals surface area contributed by atoms with E-state index >= 15 is 0 Å². The van der Waals surface area contributed by atoms with E-state index in [1.807, 2.05) is 53.2 Å². The van der Waals surface area contributed by atoms with E-state index in [4.69, 9.17) is 0 Å². The second-order valence-corrected chi connectivity index (χ2v) is 6.52. The molecular weight excluding hydrogens is 332 g/mol. The average molecular weight is 352 g/mol. The Morgan fingerprint density at radius 1 is 1.27 bits per heavy atom. The van der Waals surface area contributed by atoms with Crippen LogP contribution < -0.4 is 5.32 Å². The first-order valence-corrected chi connectivity index (χ1v) is 8.49. The molecule has 1 fully saturated rings. The molecule has 9 heteroatoms. The summed E-state index contributed by atoms with van der Waals surface area (Å²) in [5.74, 6) is 0.680. The zero-order valence-electron chi connectivity index (χ0n) is 14.7. The lowest BCUT2D eigenvalue weighted by atomic mass is 10.2. The quantitative estimate of drug-likeness (QED) is 0.776. The fourth-order valence-electron chi connectivity index (χ4n) is 3.15. The number of nitrogens with zero attached hydrogens (tertiary/aromatic N) is 7. The summed E-state index contributed by atoms with van der Waals surface area (Å²) >= 11 is 0. The second kappa shape index (κ2) is 6.58. The Morgan fingerprint density at radius 3 is 2.73 bits per heavy atom. The van der Waals surface area contributed by atoms with Gasteiger partial charge in [0.25, 0.3) is 0 Å². The highest BCUT2D eigenvalue weighted by molar-refractivity contribution is 5.89. The number of amides is 2. The molecule has 0 aliphatic carbocycles. The molecule has 1 N–H and O–H groups in total. The molecule has 3 aromatic rings. The molecule has 1 aliphatic heterocycles. The van der Waals surface area contributed by atoms with Crippen LogP contribution in [0.3, 0.4) is 0 Å². The Balaban J connectivity index is 1.38. The number of anilines is 1. The third-order valence-corrected chi connectivity index (χ3v) is 4.57. The molecule has 26 heavy (non-hydrogen) atoms. The van der Waals surface area contributed by atoms with Gasteiger partial charge in [-0.05, 0) is 53.6 Å². The van der Waals surface area contributed by atoms with Gasteiger partial charge in [0, 0.05) is 37.6 Å². The summed E-state index contributed by atoms with van der Waals surface area (Å²) in [7, 11) is 1.79. The van der Waals surface area contributed by atoms with Gasteiger partial charge in [-0.2, -0.15) is 5.10 Å². The lowest BCUT2D eigenvalue weighted by Gasteiger charge is -2.17. The van der Waals surface area contributed by atoms with Crippen LogP contribution in [-0.2, 0) is 7.05 Å². The summed E-state index contributed by atoms with van der Waals surface area (Å²) in [6, 6.07) is 7.63. The Bertz CT molecular complexity index is 913. The first-order chi connectivity index (χ1) is 12.6. The molecule has 2 amide bonds. The van der Waals surface area contributed by atoms with Crippen molar-refractivity contribution < 1.29 is 4.79 Å². The fourth-order valence-corrected chi connectivity index (χ4v) is 3.15. The number of aryl methyl sites for hydroxylation is 2. The maximum atomic E-state index is 12.5. The van der Waals surface area contributed by atoms with Crippen molar-refractivity contribution in [3.63, 3.8) is 0 Å². The van der Waals surface area contributed by atoms with E-state index in [0.29, 0.717) is 12.4 Å². The largest absolute Gasteiger partial charge is 0.322 e. The molecule has 1 saturated heterocycles. The molecule has 2 aromatic heterocycles. The van der Waals surface area contributed by atoms with Crippen molar-refractivity contribution in [1.82, 2.24) is 34.9 Å². The van der Waals surface area contributed by atoms with E-state index in [9.17, 15) is 4.79 Å². The summed E-state index contributed by atoms with van der Waals surface area (Å²) < 4.78 is 3.56. The van der Waals surface area contributed by atoms with Gasteiger partial charge >= 0.3 is 6.03 Å². The number of urea groups is 1. The Labute approximate surface area is 150 Å². The van der Waals surface area contributed by atoms with Crippen molar-refractivity contribution in [1.29, 1.82) is 0 Å². The standard InChI is InChI=1S/C17H20N8O/c1-12-9-18-25(10-12)15-7-8-24(11-15)17(26)19-14-5-3-13(4-6-14)16-20-21-22-23(16)2/h3-6,9-10,15H,7-8,11H2,1-2H3,(H,19,26). The van der Waals surface area contributed by atoms with Crippen LogP contribution in [0.5, 0.6) is 0 Å². The van der Waals surface area contributed by atoms with Crippen LogP contribution in [0.25, 0.3) is 11.4 Å². The van der Waals surface area contributed by atoms with Crippen LogP contribution >= 0.6 is 0 Å². The van der Waals surface area contributed by atoms with Crippen molar-refractivity contribution in [3.05, 3.63) is 42.2 Å². The third-order valence-electron chi connectivity index (χ3n) is 4.57. The fraction of sp³-hybridized carbons (Fsp3) is 0.353. The van der Waals surface area contributed by atoms with Crippen LogP contribution in [-0.4, -0.2) is 54.0 Å². The minimum atomic E-state index is -0.0931. The molecule has 4 rings (SSSR count). The van der Waals surface area contributed by atoms with Crippen molar-refractivity contribution in [2.75, 3.05) is 18.4 Å². The number of hydrogen-bond donors (Lipinski definition) is 1. The minimum absolute atomic E-state index is 0.0931. The lowest BCUT2D eigenvalue weighted by molar-refractivity contribution is 0.220. The minimum Gasteiger partial charge on any atom is -0.322 e. The molecule has 1 aromatic carbocycles. The zero-order valence-corrected chi connectivity index (χ0v) is 14.7. The number of benzene rings is 1. The van der Waals surface area contributed by atoms with Crippen molar-refractivity contribution >= 4 is 11.7 Å². The van der Waals surface area contributed by atoms with Crippen LogP contribution in [0.2, 0.25) is 0 Å². The molecule has 1 aliphatic rings. The summed E-state index contributed by atoms with van der Waals surface area (Å²) in [6.45, 7) is 3.40. The smallest absolute Gasteiger partial charge is 0.321 e. The monoisotopic (exact) mass is 352 g/mol. The van der Waals surface area contributed by atoms with Crippen molar-refractivity contribution in [2.24, 2.45) is 7.05 Å². The third kappa shape index (κ3) is 3.15. The SMILES string of the molecule is Cc1cnn(C2CCN(C(=O)Nc3ccc(-c4nnnn4C)cc3)C2)c1. The van der Waals surface area contributed by atoms with Gasteiger partial charge in [0.2, 0.25) is 0 Å². The van der Waals surface area contributed by atoms with Gasteiger partial charge < -0.3 is 10.2 Å². The number of carbonyl (C=O) groups excluding carboxylic acids is 1. The highest BCUT2D eigenvalue weighted by Gasteiger charge is 2.27. The highest BCUT2D eigenvalue weighted by Crippen LogP contribution is 2.23. The average Bonchev–Trinajstić information content (AvgIpc) is 3.36. The van der Waals surface area contributed by atoms with E-state index in [0.717, 1.165) is 29.8 Å². The Kier molecular flexibility index (Phi) is 4.11. The molecule has 0 spiro atoms. The molecule has 1 atom stereocenters. The number of likely N-dealkylation sites (tertiary alicyclic amines) is 1. The van der Waals surface area contributed by atoms with Gasteiger partial charge in [-0.25, -0.2) is 9.48 Å². The van der Waals surface area contributed by atoms with Gasteiger partial charge in [-0.3, -0.25) is 4.68 Å². The number of tetrazole rings is 1. The predicted molar refractivity (Wildman–Crippen MR) is 95.4 cm³/mol. The Hall–Kier alpha value is -3.23. The lowest BCUT2D eigenvalue weighted by Crippen LogP contribution is -2.33. The van der Waals surface area contributed by atoms with Crippen LogP contribution in [0.4, 0.5) is 10.5 Å². The predicted octanol–water partition coefficient (Wildman–Crippen LogP) is 1.86. The highest BCUT2D eigenvalue weighted by atomic mass is 16.2. The zero-order chi connectivity index (χ0) is 18.1. The maximum absolute atomic E-state index is 12.5. The summed E-state index contributed by atoms with van der Waals surface area (Å²) in [6.07, 6.45) is 4.77. The van der Waals surface area contributed by atoms with E-state index in [1.54, 1.807) is 11.7 Å². The summed E-state index contributed by atoms with van der Waals surface area (Å²) in [4.78, 5) is 14.3. The first kappa shape index (κ1) is 16.2. The van der Waals surface area contributed by atoms with Gasteiger partial charge in [0.1, 0.15) is 0 Å². The topological polar surface area (TPSA) is 93.8 Å². The molecule has 0 bridgehead atoms. The molecule has 134 valence electrons. The second-order valence-electron chi connectivity index (χ2n) is 6.52. The van der Waals surface area contributed by atoms with E-state index < -0.39 is 0 Å². The normalized spacial score (nSPS) is 16.8. The molecule has 3 heterocycles.